The van der Waals surface area contributed by atoms with Gasteiger partial charge in [0.05, 0.1) is 5.69 Å². The van der Waals surface area contributed by atoms with Gasteiger partial charge >= 0.3 is 0 Å². The van der Waals surface area contributed by atoms with Gasteiger partial charge in [0.25, 0.3) is 5.91 Å². The van der Waals surface area contributed by atoms with Gasteiger partial charge in [0.15, 0.2) is 5.82 Å². The average Bonchev–Trinajstić information content (AvgIpc) is 3.74. The van der Waals surface area contributed by atoms with Crippen molar-refractivity contribution in [2.45, 2.75) is 31.2 Å². The number of aromatic nitrogens is 2. The lowest BCUT2D eigenvalue weighted by molar-refractivity contribution is 0.0987. The van der Waals surface area contributed by atoms with Gasteiger partial charge in [-0.3, -0.25) is 10.6 Å². The topological polar surface area (TPSA) is 101 Å². The third-order valence-electron chi connectivity index (χ3n) is 6.12. The molecule has 2 unspecified atom stereocenters. The van der Waals surface area contributed by atoms with E-state index >= 15 is 0 Å². The first-order chi connectivity index (χ1) is 15.1. The largest absolute Gasteiger partial charge is 0.272 e. The zero-order valence-electron chi connectivity index (χ0n) is 17.3. The van der Waals surface area contributed by atoms with Crippen molar-refractivity contribution in [2.75, 3.05) is 11.6 Å². The molecule has 0 aliphatic heterocycles. The molecule has 1 aromatic heterocycles. The van der Waals surface area contributed by atoms with E-state index in [0.717, 1.165) is 24.4 Å². The predicted molar refractivity (Wildman–Crippen MR) is 120 cm³/mol. The van der Waals surface area contributed by atoms with Crippen LogP contribution in [0.15, 0.2) is 67.0 Å². The smallest absolute Gasteiger partial charge is 0.269 e. The number of amides is 1. The summed E-state index contributed by atoms with van der Waals surface area (Å²) in [7, 11) is 0. The second-order valence-corrected chi connectivity index (χ2v) is 8.47. The summed E-state index contributed by atoms with van der Waals surface area (Å²) in [4.78, 5) is 21.3. The number of rotatable bonds is 7. The molecule has 2 aliphatic carbocycles. The van der Waals surface area contributed by atoms with E-state index in [-0.39, 0.29) is 5.91 Å². The Morgan fingerprint density at radius 2 is 1.65 bits per heavy atom. The highest BCUT2D eigenvalue weighted by atomic mass is 16.2. The van der Waals surface area contributed by atoms with Crippen LogP contribution in [0.3, 0.4) is 0 Å². The maximum atomic E-state index is 12.8. The molecule has 2 saturated carbocycles. The molecule has 7 heteroatoms. The van der Waals surface area contributed by atoms with Crippen molar-refractivity contribution in [3.8, 4) is 11.4 Å². The van der Waals surface area contributed by atoms with Gasteiger partial charge in [0.2, 0.25) is 0 Å². The maximum Gasteiger partial charge on any atom is 0.272 e. The van der Waals surface area contributed by atoms with E-state index in [1.165, 1.54) is 23.4 Å². The van der Waals surface area contributed by atoms with Crippen LogP contribution in [-0.2, 0) is 0 Å². The van der Waals surface area contributed by atoms with Crippen LogP contribution < -0.4 is 16.7 Å². The van der Waals surface area contributed by atoms with E-state index in [4.69, 9.17) is 11.7 Å². The number of benzene rings is 2. The lowest BCUT2D eigenvalue weighted by Gasteiger charge is -2.18. The first kappa shape index (κ1) is 19.8. The standard InChI is InChI=1S/C24H26N6O/c25-29(15-16-2-3-16)22-14-21(22)17-4-6-19(7-5-17)24(31)30(26)20-10-8-18(9-11-20)23-27-12-1-13-28-23/h1,4-13,16,21-22H,2-3,14-15,25-26H2. The summed E-state index contributed by atoms with van der Waals surface area (Å²) in [6.07, 6.45) is 7.08. The fraction of sp³-hybridized carbons (Fsp3) is 0.292. The lowest BCUT2D eigenvalue weighted by atomic mass is 10.1. The normalized spacial score (nSPS) is 20.0. The van der Waals surface area contributed by atoms with Gasteiger partial charge < -0.3 is 0 Å². The van der Waals surface area contributed by atoms with Crippen LogP contribution in [0.4, 0.5) is 5.69 Å². The summed E-state index contributed by atoms with van der Waals surface area (Å²) in [6, 6.07) is 17.2. The summed E-state index contributed by atoms with van der Waals surface area (Å²) in [5, 5.41) is 3.18. The number of anilines is 1. The third kappa shape index (κ3) is 4.34. The van der Waals surface area contributed by atoms with Crippen molar-refractivity contribution in [2.24, 2.45) is 17.6 Å². The van der Waals surface area contributed by atoms with Crippen LogP contribution in [0.25, 0.3) is 11.4 Å². The van der Waals surface area contributed by atoms with Crippen molar-refractivity contribution in [1.29, 1.82) is 0 Å². The number of hydrogen-bond acceptors (Lipinski definition) is 6. The molecule has 1 amide bonds. The Bertz CT molecular complexity index is 1050. The second-order valence-electron chi connectivity index (χ2n) is 8.47. The van der Waals surface area contributed by atoms with Crippen LogP contribution in [0, 0.1) is 5.92 Å². The number of carbonyl (C=O) groups excluding carboxylic acids is 1. The molecule has 2 aliphatic rings. The summed E-state index contributed by atoms with van der Waals surface area (Å²) in [5.74, 6) is 14.0. The van der Waals surface area contributed by atoms with E-state index in [0.29, 0.717) is 29.0 Å². The van der Waals surface area contributed by atoms with Gasteiger partial charge in [-0.15, -0.1) is 0 Å². The molecule has 3 aromatic rings. The van der Waals surface area contributed by atoms with E-state index in [9.17, 15) is 4.79 Å². The summed E-state index contributed by atoms with van der Waals surface area (Å²) >= 11 is 0. The highest BCUT2D eigenvalue weighted by Crippen LogP contribution is 2.45. The van der Waals surface area contributed by atoms with Crippen LogP contribution in [0.5, 0.6) is 0 Å². The number of hydrazine groups is 2. The Kier molecular flexibility index (Phi) is 5.23. The van der Waals surface area contributed by atoms with E-state index < -0.39 is 0 Å². The highest BCUT2D eigenvalue weighted by molar-refractivity contribution is 6.05. The molecule has 2 fully saturated rings. The third-order valence-corrected chi connectivity index (χ3v) is 6.12. The molecular weight excluding hydrogens is 388 g/mol. The van der Waals surface area contributed by atoms with Crippen LogP contribution in [-0.4, -0.2) is 33.5 Å². The second kappa shape index (κ2) is 8.19. The van der Waals surface area contributed by atoms with Crippen molar-refractivity contribution < 1.29 is 4.79 Å². The molecule has 0 spiro atoms. The quantitative estimate of drug-likeness (QED) is 0.350. The molecular formula is C24H26N6O. The Morgan fingerprint density at radius 3 is 2.29 bits per heavy atom. The fourth-order valence-electron chi connectivity index (χ4n) is 3.99. The number of carbonyl (C=O) groups is 1. The minimum atomic E-state index is -0.253. The van der Waals surface area contributed by atoms with Crippen molar-refractivity contribution >= 4 is 11.6 Å². The van der Waals surface area contributed by atoms with Crippen LogP contribution in [0.2, 0.25) is 0 Å². The summed E-state index contributed by atoms with van der Waals surface area (Å²) in [6.45, 7) is 0.995. The Labute approximate surface area is 181 Å². The molecule has 0 saturated heterocycles. The molecule has 1 heterocycles. The van der Waals surface area contributed by atoms with E-state index in [1.807, 2.05) is 41.4 Å². The van der Waals surface area contributed by atoms with Crippen LogP contribution >= 0.6 is 0 Å². The van der Waals surface area contributed by atoms with Gasteiger partial charge in [-0.05, 0) is 73.2 Å². The molecule has 2 aromatic carbocycles. The number of hydrogen-bond donors (Lipinski definition) is 2. The van der Waals surface area contributed by atoms with Gasteiger partial charge in [-0.2, -0.15) is 0 Å². The first-order valence-corrected chi connectivity index (χ1v) is 10.7. The fourth-order valence-corrected chi connectivity index (χ4v) is 3.99. The molecule has 31 heavy (non-hydrogen) atoms. The van der Waals surface area contributed by atoms with Gasteiger partial charge in [0, 0.05) is 42.0 Å². The molecule has 4 N–H and O–H groups in total. The van der Waals surface area contributed by atoms with Gasteiger partial charge in [0.1, 0.15) is 0 Å². The summed E-state index contributed by atoms with van der Waals surface area (Å²) < 4.78 is 0. The van der Waals surface area contributed by atoms with Crippen molar-refractivity contribution in [3.05, 3.63) is 78.1 Å². The van der Waals surface area contributed by atoms with Crippen LogP contribution in [0.1, 0.15) is 41.1 Å². The van der Waals surface area contributed by atoms with Crippen molar-refractivity contribution in [3.63, 3.8) is 0 Å². The predicted octanol–water partition coefficient (Wildman–Crippen LogP) is 3.11. The maximum absolute atomic E-state index is 12.8. The van der Waals surface area contributed by atoms with E-state index in [1.54, 1.807) is 30.6 Å². The molecule has 158 valence electrons. The van der Waals surface area contributed by atoms with E-state index in [2.05, 4.69) is 9.97 Å². The Balaban J connectivity index is 1.22. The minimum Gasteiger partial charge on any atom is -0.269 e. The zero-order valence-corrected chi connectivity index (χ0v) is 17.3. The average molecular weight is 415 g/mol. The molecule has 5 rings (SSSR count). The first-order valence-electron chi connectivity index (χ1n) is 10.7. The Hall–Kier alpha value is -3.13. The van der Waals surface area contributed by atoms with Crippen molar-refractivity contribution in [1.82, 2.24) is 15.0 Å². The van der Waals surface area contributed by atoms with Gasteiger partial charge in [-0.1, -0.05) is 12.1 Å². The summed E-state index contributed by atoms with van der Waals surface area (Å²) in [5.41, 5.74) is 3.25. The minimum absolute atomic E-state index is 0.253. The monoisotopic (exact) mass is 414 g/mol. The highest BCUT2D eigenvalue weighted by Gasteiger charge is 2.43. The number of nitrogens with zero attached hydrogens (tertiary/aromatic N) is 4. The van der Waals surface area contributed by atoms with Gasteiger partial charge in [-0.25, -0.2) is 25.8 Å². The zero-order chi connectivity index (χ0) is 21.4. The number of nitrogens with two attached hydrogens (primary N) is 2. The Morgan fingerprint density at radius 1 is 0.968 bits per heavy atom. The molecule has 2 atom stereocenters. The SMILES string of the molecule is NN(C(=O)c1ccc(C2CC2N(N)CC2CC2)cc1)c1ccc(-c2ncccn2)cc1. The molecule has 0 radical (unpaired) electrons. The molecule has 0 bridgehead atoms. The lowest BCUT2D eigenvalue weighted by Crippen LogP contribution is -2.37. The molecule has 7 nitrogen and oxygen atoms in total.